The molecule has 17 heavy (non-hydrogen) atoms. The number of hydrogen-bond acceptors (Lipinski definition) is 2. The van der Waals surface area contributed by atoms with Gasteiger partial charge in [0.15, 0.2) is 0 Å². The van der Waals surface area contributed by atoms with Crippen LogP contribution < -0.4 is 9.05 Å². The van der Waals surface area contributed by atoms with Gasteiger partial charge in [-0.25, -0.2) is 0 Å². The van der Waals surface area contributed by atoms with E-state index in [-0.39, 0.29) is 15.0 Å². The summed E-state index contributed by atoms with van der Waals surface area (Å²) < 4.78 is 9.31. The fraction of sp³-hybridized carbons (Fsp3) is 0.154. The Bertz CT molecular complexity index is 559. The number of ether oxygens (including phenoxy) is 1. The first kappa shape index (κ1) is 11.7. The molecule has 0 fully saturated rings. The molecule has 0 N–H and O–H groups in total. The van der Waals surface area contributed by atoms with Gasteiger partial charge in [-0.05, 0) is 0 Å². The van der Waals surface area contributed by atoms with Gasteiger partial charge in [0, 0.05) is 0 Å². The van der Waals surface area contributed by atoms with Gasteiger partial charge in [0.05, 0.1) is 0 Å². The fourth-order valence-corrected chi connectivity index (χ4v) is 4.47. The zero-order valence-electron chi connectivity index (χ0n) is 9.02. The standard InChI is InChI=1S/C13H10INOSe/c14-11-3-1-2-4-12(11)17-13-5-9-7-16-8-10(9)6-15-13/h1-6H,7-8H2. The van der Waals surface area contributed by atoms with Crippen LogP contribution in [0.4, 0.5) is 0 Å². The van der Waals surface area contributed by atoms with Crippen molar-refractivity contribution < 1.29 is 4.74 Å². The summed E-state index contributed by atoms with van der Waals surface area (Å²) in [5, 5.41) is 0. The van der Waals surface area contributed by atoms with Gasteiger partial charge in [-0.2, -0.15) is 0 Å². The van der Waals surface area contributed by atoms with Crippen molar-refractivity contribution in [3.05, 3.63) is 51.2 Å². The van der Waals surface area contributed by atoms with Crippen molar-refractivity contribution in [3.63, 3.8) is 0 Å². The molecule has 2 nitrogen and oxygen atoms in total. The molecule has 0 saturated heterocycles. The van der Waals surface area contributed by atoms with Gasteiger partial charge in [-0.3, -0.25) is 0 Å². The monoisotopic (exact) mass is 403 g/mol. The molecule has 86 valence electrons. The average Bonchev–Trinajstić information content (AvgIpc) is 2.79. The van der Waals surface area contributed by atoms with Crippen molar-refractivity contribution in [2.45, 2.75) is 13.2 Å². The van der Waals surface area contributed by atoms with Crippen molar-refractivity contribution in [1.29, 1.82) is 0 Å². The van der Waals surface area contributed by atoms with Gasteiger partial charge in [-0.1, -0.05) is 0 Å². The number of halogens is 1. The molecule has 1 aliphatic rings. The predicted octanol–water partition coefficient (Wildman–Crippen LogP) is 1.37. The molecule has 0 amide bonds. The molecular formula is C13H10INOSe. The van der Waals surface area contributed by atoms with Crippen molar-refractivity contribution in [3.8, 4) is 0 Å². The van der Waals surface area contributed by atoms with Crippen LogP contribution in [0.5, 0.6) is 0 Å². The molecule has 1 aliphatic heterocycles. The van der Waals surface area contributed by atoms with Gasteiger partial charge in [0.1, 0.15) is 0 Å². The van der Waals surface area contributed by atoms with Crippen molar-refractivity contribution in [2.75, 3.05) is 0 Å². The Morgan fingerprint density at radius 1 is 1.18 bits per heavy atom. The van der Waals surface area contributed by atoms with E-state index in [0.29, 0.717) is 0 Å². The SMILES string of the molecule is Ic1ccccc1[Se]c1cc2c(cn1)COC2. The predicted molar refractivity (Wildman–Crippen MR) is 76.9 cm³/mol. The molecular weight excluding hydrogens is 392 g/mol. The minimum absolute atomic E-state index is 0.287. The molecule has 0 aliphatic carbocycles. The summed E-state index contributed by atoms with van der Waals surface area (Å²) in [5.41, 5.74) is 2.55. The second-order valence-corrected chi connectivity index (χ2v) is 7.21. The van der Waals surface area contributed by atoms with Crippen molar-refractivity contribution >= 4 is 46.6 Å². The van der Waals surface area contributed by atoms with Crippen LogP contribution in [0.25, 0.3) is 0 Å². The molecule has 0 spiro atoms. The van der Waals surface area contributed by atoms with E-state index in [9.17, 15) is 0 Å². The van der Waals surface area contributed by atoms with Crippen molar-refractivity contribution in [1.82, 2.24) is 4.98 Å². The molecule has 1 aromatic carbocycles. The third-order valence-corrected chi connectivity index (χ3v) is 6.50. The van der Waals surface area contributed by atoms with Crippen LogP contribution in [-0.2, 0) is 18.0 Å². The Kier molecular flexibility index (Phi) is 3.47. The van der Waals surface area contributed by atoms with E-state index < -0.39 is 0 Å². The zero-order valence-corrected chi connectivity index (χ0v) is 12.9. The third-order valence-electron chi connectivity index (χ3n) is 2.62. The first-order valence-corrected chi connectivity index (χ1v) is 8.10. The van der Waals surface area contributed by atoms with Crippen LogP contribution in [0.3, 0.4) is 0 Å². The summed E-state index contributed by atoms with van der Waals surface area (Å²) in [6.45, 7) is 1.46. The molecule has 2 aromatic rings. The Morgan fingerprint density at radius 2 is 2.00 bits per heavy atom. The number of pyridine rings is 1. The van der Waals surface area contributed by atoms with E-state index in [1.165, 1.54) is 23.8 Å². The molecule has 0 saturated carbocycles. The number of aromatic nitrogens is 1. The maximum atomic E-state index is 5.41. The van der Waals surface area contributed by atoms with E-state index in [0.717, 1.165) is 13.2 Å². The first-order chi connectivity index (χ1) is 8.33. The summed E-state index contributed by atoms with van der Waals surface area (Å²) in [4.78, 5) is 4.53. The van der Waals surface area contributed by atoms with Crippen LogP contribution >= 0.6 is 22.6 Å². The van der Waals surface area contributed by atoms with Crippen molar-refractivity contribution in [2.24, 2.45) is 0 Å². The maximum absolute atomic E-state index is 5.41. The fourth-order valence-electron chi connectivity index (χ4n) is 1.73. The second kappa shape index (κ2) is 5.06. The van der Waals surface area contributed by atoms with E-state index in [4.69, 9.17) is 4.74 Å². The number of nitrogens with zero attached hydrogens (tertiary/aromatic N) is 1. The summed E-state index contributed by atoms with van der Waals surface area (Å²) in [7, 11) is 0. The molecule has 0 radical (unpaired) electrons. The first-order valence-electron chi connectivity index (χ1n) is 5.31. The van der Waals surface area contributed by atoms with Gasteiger partial charge < -0.3 is 0 Å². The quantitative estimate of drug-likeness (QED) is 0.560. The normalized spacial score (nSPS) is 13.7. The molecule has 1 aromatic heterocycles. The summed E-state index contributed by atoms with van der Waals surface area (Å²) >= 11 is 2.67. The van der Waals surface area contributed by atoms with E-state index >= 15 is 0 Å². The molecule has 0 atom stereocenters. The van der Waals surface area contributed by atoms with Gasteiger partial charge in [0.25, 0.3) is 0 Å². The van der Waals surface area contributed by atoms with Gasteiger partial charge >= 0.3 is 121 Å². The van der Waals surface area contributed by atoms with Gasteiger partial charge in [-0.15, -0.1) is 0 Å². The second-order valence-electron chi connectivity index (χ2n) is 3.82. The Balaban J connectivity index is 1.89. The van der Waals surface area contributed by atoms with Crippen LogP contribution in [-0.4, -0.2) is 19.9 Å². The van der Waals surface area contributed by atoms with Gasteiger partial charge in [0.2, 0.25) is 0 Å². The Hall–Kier alpha value is -0.421. The minimum atomic E-state index is 0.287. The number of benzene rings is 1. The Labute approximate surface area is 120 Å². The summed E-state index contributed by atoms with van der Waals surface area (Å²) in [6, 6.07) is 10.7. The molecule has 2 heterocycles. The number of rotatable bonds is 2. The molecule has 0 unspecified atom stereocenters. The Morgan fingerprint density at radius 3 is 2.88 bits per heavy atom. The van der Waals surface area contributed by atoms with E-state index in [1.807, 2.05) is 6.20 Å². The van der Waals surface area contributed by atoms with Crippen LogP contribution in [0, 0.1) is 3.57 Å². The molecule has 4 heteroatoms. The topological polar surface area (TPSA) is 22.1 Å². The number of hydrogen-bond donors (Lipinski definition) is 0. The average molecular weight is 402 g/mol. The summed E-state index contributed by atoms with van der Waals surface area (Å²) in [6.07, 6.45) is 1.97. The zero-order chi connectivity index (χ0) is 11.7. The van der Waals surface area contributed by atoms with Crippen LogP contribution in [0.15, 0.2) is 36.5 Å². The molecule has 0 bridgehead atoms. The number of fused-ring (bicyclic) bond motifs is 1. The van der Waals surface area contributed by atoms with E-state index in [2.05, 4.69) is 57.9 Å². The van der Waals surface area contributed by atoms with Crippen LogP contribution in [0.2, 0.25) is 0 Å². The molecule has 3 rings (SSSR count). The van der Waals surface area contributed by atoms with E-state index in [1.54, 1.807) is 0 Å². The van der Waals surface area contributed by atoms with Crippen LogP contribution in [0.1, 0.15) is 11.1 Å². The third kappa shape index (κ3) is 2.55. The summed E-state index contributed by atoms with van der Waals surface area (Å²) in [5.74, 6) is 0.